The summed E-state index contributed by atoms with van der Waals surface area (Å²) < 4.78 is 6.73. The Labute approximate surface area is 128 Å². The minimum atomic E-state index is -0.412. The minimum Gasteiger partial charge on any atom is -0.462 e. The van der Waals surface area contributed by atoms with Crippen LogP contribution in [0.1, 0.15) is 29.8 Å². The van der Waals surface area contributed by atoms with Gasteiger partial charge in [-0.2, -0.15) is 5.10 Å². The fourth-order valence-electron chi connectivity index (χ4n) is 1.96. The number of benzene rings is 1. The fraction of sp³-hybridized carbons (Fsp3) is 0.333. The average molecular weight is 305 g/mol. The SMILES string of the molecule is CCOC(=O)c1c(SCC)nn(Cc2ccccc2)c1N. The molecule has 1 aromatic heterocycles. The van der Waals surface area contributed by atoms with Crippen molar-refractivity contribution in [1.82, 2.24) is 9.78 Å². The van der Waals surface area contributed by atoms with Gasteiger partial charge in [0.2, 0.25) is 0 Å². The highest BCUT2D eigenvalue weighted by Gasteiger charge is 2.23. The molecule has 0 unspecified atom stereocenters. The molecule has 1 heterocycles. The Balaban J connectivity index is 2.34. The highest BCUT2D eigenvalue weighted by atomic mass is 32.2. The monoisotopic (exact) mass is 305 g/mol. The number of thioether (sulfide) groups is 1. The number of ether oxygens (including phenoxy) is 1. The Morgan fingerprint density at radius 3 is 2.67 bits per heavy atom. The maximum absolute atomic E-state index is 12.1. The number of carbonyl (C=O) groups is 1. The van der Waals surface area contributed by atoms with Crippen LogP contribution < -0.4 is 5.73 Å². The predicted octanol–water partition coefficient (Wildman–Crippen LogP) is 2.80. The Bertz CT molecular complexity index is 611. The first-order chi connectivity index (χ1) is 10.2. The van der Waals surface area contributed by atoms with Crippen LogP contribution >= 0.6 is 11.8 Å². The van der Waals surface area contributed by atoms with Gasteiger partial charge in [0, 0.05) is 0 Å². The van der Waals surface area contributed by atoms with Crippen LogP contribution in [-0.4, -0.2) is 28.1 Å². The number of anilines is 1. The van der Waals surface area contributed by atoms with Crippen molar-refractivity contribution < 1.29 is 9.53 Å². The number of hydrogen-bond acceptors (Lipinski definition) is 5. The molecule has 0 saturated heterocycles. The van der Waals surface area contributed by atoms with E-state index in [-0.39, 0.29) is 0 Å². The quantitative estimate of drug-likeness (QED) is 0.656. The van der Waals surface area contributed by atoms with Gasteiger partial charge in [0.05, 0.1) is 13.2 Å². The molecule has 2 N–H and O–H groups in total. The molecule has 1 aromatic carbocycles. The van der Waals surface area contributed by atoms with Crippen LogP contribution in [-0.2, 0) is 11.3 Å². The lowest BCUT2D eigenvalue weighted by molar-refractivity contribution is 0.0523. The smallest absolute Gasteiger partial charge is 0.344 e. The van der Waals surface area contributed by atoms with Crippen molar-refractivity contribution in [3.05, 3.63) is 41.5 Å². The lowest BCUT2D eigenvalue weighted by Gasteiger charge is -2.05. The van der Waals surface area contributed by atoms with E-state index < -0.39 is 5.97 Å². The van der Waals surface area contributed by atoms with Crippen molar-refractivity contribution in [3.8, 4) is 0 Å². The van der Waals surface area contributed by atoms with Crippen molar-refractivity contribution in [2.75, 3.05) is 18.1 Å². The molecule has 2 aromatic rings. The van der Waals surface area contributed by atoms with Crippen LogP contribution in [0.4, 0.5) is 5.82 Å². The van der Waals surface area contributed by atoms with Gasteiger partial charge in [0.1, 0.15) is 16.4 Å². The molecule has 0 amide bonds. The molecule has 0 atom stereocenters. The molecule has 0 spiro atoms. The molecule has 0 aliphatic heterocycles. The maximum atomic E-state index is 12.1. The molecule has 6 heteroatoms. The van der Waals surface area contributed by atoms with E-state index in [2.05, 4.69) is 5.10 Å². The number of nitrogen functional groups attached to an aromatic ring is 1. The number of esters is 1. The summed E-state index contributed by atoms with van der Waals surface area (Å²) in [6.07, 6.45) is 0. The van der Waals surface area contributed by atoms with Gasteiger partial charge in [-0.05, 0) is 18.2 Å². The lowest BCUT2D eigenvalue weighted by atomic mass is 10.2. The van der Waals surface area contributed by atoms with Crippen LogP contribution in [0.2, 0.25) is 0 Å². The van der Waals surface area contributed by atoms with E-state index in [1.807, 2.05) is 37.3 Å². The van der Waals surface area contributed by atoms with Crippen LogP contribution in [0.25, 0.3) is 0 Å². The Hall–Kier alpha value is -1.95. The van der Waals surface area contributed by atoms with Crippen LogP contribution in [0.15, 0.2) is 35.4 Å². The summed E-state index contributed by atoms with van der Waals surface area (Å²) in [5.74, 6) is 0.757. The van der Waals surface area contributed by atoms with Gasteiger partial charge in [0.15, 0.2) is 0 Å². The van der Waals surface area contributed by atoms with Crippen molar-refractivity contribution in [2.45, 2.75) is 25.4 Å². The molecule has 112 valence electrons. The number of aromatic nitrogens is 2. The topological polar surface area (TPSA) is 70.1 Å². The van der Waals surface area contributed by atoms with Crippen molar-refractivity contribution in [3.63, 3.8) is 0 Å². The molecular formula is C15H19N3O2S. The molecule has 0 fully saturated rings. The number of carbonyl (C=O) groups excluding carboxylic acids is 1. The van der Waals surface area contributed by atoms with E-state index in [1.54, 1.807) is 11.6 Å². The van der Waals surface area contributed by atoms with Crippen molar-refractivity contribution in [2.24, 2.45) is 0 Å². The summed E-state index contributed by atoms with van der Waals surface area (Å²) in [5, 5.41) is 5.08. The Morgan fingerprint density at radius 1 is 1.33 bits per heavy atom. The summed E-state index contributed by atoms with van der Waals surface area (Å²) in [5.41, 5.74) is 7.55. The normalized spacial score (nSPS) is 10.6. The van der Waals surface area contributed by atoms with E-state index in [1.165, 1.54) is 11.8 Å². The van der Waals surface area contributed by atoms with Crippen LogP contribution in [0, 0.1) is 0 Å². The minimum absolute atomic E-state index is 0.318. The number of nitrogens with two attached hydrogens (primary N) is 1. The van der Waals surface area contributed by atoms with Gasteiger partial charge in [-0.1, -0.05) is 37.3 Å². The van der Waals surface area contributed by atoms with Gasteiger partial charge in [-0.25, -0.2) is 9.48 Å². The third-order valence-corrected chi connectivity index (χ3v) is 3.74. The average Bonchev–Trinajstić information content (AvgIpc) is 2.77. The first kappa shape index (κ1) is 15.4. The molecular weight excluding hydrogens is 286 g/mol. The largest absolute Gasteiger partial charge is 0.462 e. The molecule has 21 heavy (non-hydrogen) atoms. The van der Waals surface area contributed by atoms with E-state index >= 15 is 0 Å². The van der Waals surface area contributed by atoms with Crippen LogP contribution in [0.5, 0.6) is 0 Å². The van der Waals surface area contributed by atoms with Crippen LogP contribution in [0.3, 0.4) is 0 Å². The van der Waals surface area contributed by atoms with Gasteiger partial charge in [-0.15, -0.1) is 11.8 Å². The van der Waals surface area contributed by atoms with E-state index in [0.29, 0.717) is 29.6 Å². The van der Waals surface area contributed by atoms with Gasteiger partial charge in [0.25, 0.3) is 0 Å². The highest BCUT2D eigenvalue weighted by molar-refractivity contribution is 7.99. The van der Waals surface area contributed by atoms with E-state index in [4.69, 9.17) is 10.5 Å². The zero-order chi connectivity index (χ0) is 15.2. The Kier molecular flexibility index (Phi) is 5.27. The van der Waals surface area contributed by atoms with E-state index in [9.17, 15) is 4.79 Å². The zero-order valence-electron chi connectivity index (χ0n) is 12.2. The molecule has 0 aliphatic carbocycles. The standard InChI is InChI=1S/C15H19N3O2S/c1-3-20-15(19)12-13(16)18(17-14(12)21-4-2)10-11-8-6-5-7-9-11/h5-9H,3-4,10,16H2,1-2H3. The fourth-order valence-corrected chi connectivity index (χ4v) is 2.72. The third kappa shape index (κ3) is 3.58. The summed E-state index contributed by atoms with van der Waals surface area (Å²) in [7, 11) is 0. The molecule has 0 bridgehead atoms. The number of rotatable bonds is 6. The lowest BCUT2D eigenvalue weighted by Crippen LogP contribution is -2.10. The third-order valence-electron chi connectivity index (χ3n) is 2.90. The second-order valence-corrected chi connectivity index (χ2v) is 5.61. The first-order valence-electron chi connectivity index (χ1n) is 6.87. The summed E-state index contributed by atoms with van der Waals surface area (Å²) in [6.45, 7) is 4.63. The zero-order valence-corrected chi connectivity index (χ0v) is 13.0. The molecule has 0 aliphatic rings. The maximum Gasteiger partial charge on any atom is 0.344 e. The van der Waals surface area contributed by atoms with Gasteiger partial charge < -0.3 is 10.5 Å². The summed E-state index contributed by atoms with van der Waals surface area (Å²) in [6, 6.07) is 9.87. The molecule has 5 nitrogen and oxygen atoms in total. The molecule has 2 rings (SSSR count). The number of hydrogen-bond donors (Lipinski definition) is 1. The van der Waals surface area contributed by atoms with E-state index in [0.717, 1.165) is 11.3 Å². The molecule has 0 radical (unpaired) electrons. The van der Waals surface area contributed by atoms with Gasteiger partial charge in [-0.3, -0.25) is 0 Å². The Morgan fingerprint density at radius 2 is 2.05 bits per heavy atom. The predicted molar refractivity (Wildman–Crippen MR) is 84.5 cm³/mol. The van der Waals surface area contributed by atoms with Crippen molar-refractivity contribution in [1.29, 1.82) is 0 Å². The number of nitrogens with zero attached hydrogens (tertiary/aromatic N) is 2. The van der Waals surface area contributed by atoms with Crippen molar-refractivity contribution >= 4 is 23.5 Å². The summed E-state index contributed by atoms with van der Waals surface area (Å²) in [4.78, 5) is 12.1. The first-order valence-corrected chi connectivity index (χ1v) is 7.86. The second-order valence-electron chi connectivity index (χ2n) is 4.36. The highest BCUT2D eigenvalue weighted by Crippen LogP contribution is 2.27. The van der Waals surface area contributed by atoms with Gasteiger partial charge >= 0.3 is 5.97 Å². The summed E-state index contributed by atoms with van der Waals surface area (Å²) >= 11 is 1.49. The molecule has 0 saturated carbocycles. The second kappa shape index (κ2) is 7.17.